The zero-order chi connectivity index (χ0) is 18.9. The third-order valence-electron chi connectivity index (χ3n) is 3.72. The van der Waals surface area contributed by atoms with Gasteiger partial charge in [-0.05, 0) is 33.2 Å². The van der Waals surface area contributed by atoms with Crippen LogP contribution in [0.5, 0.6) is 0 Å². The molecule has 0 aromatic carbocycles. The molecule has 0 aromatic heterocycles. The molecule has 0 amide bonds. The molecule has 3 heteroatoms. The Morgan fingerprint density at radius 1 is 0.522 bits per heavy atom. The van der Waals surface area contributed by atoms with E-state index in [1.165, 1.54) is 19.0 Å². The van der Waals surface area contributed by atoms with E-state index >= 15 is 0 Å². The maximum atomic E-state index is 2.52. The van der Waals surface area contributed by atoms with Crippen molar-refractivity contribution in [3.8, 4) is 0 Å². The summed E-state index contributed by atoms with van der Waals surface area (Å²) in [6, 6.07) is 0. The third kappa shape index (κ3) is 7.59. The summed E-state index contributed by atoms with van der Waals surface area (Å²) in [6.45, 7) is 32.6. The van der Waals surface area contributed by atoms with Crippen LogP contribution in [0.4, 0.5) is 0 Å². The van der Waals surface area contributed by atoms with E-state index < -0.39 is 0 Å². The van der Waals surface area contributed by atoms with Crippen LogP contribution in [0.15, 0.2) is 0 Å². The van der Waals surface area contributed by atoms with Gasteiger partial charge in [0.2, 0.25) is 0 Å². The van der Waals surface area contributed by atoms with E-state index in [-0.39, 0.29) is 22.5 Å². The second-order valence-electron chi connectivity index (χ2n) is 10.8. The van der Waals surface area contributed by atoms with Crippen LogP contribution in [-0.2, 0) is 0 Å². The Morgan fingerprint density at radius 2 is 0.783 bits per heavy atom. The van der Waals surface area contributed by atoms with Gasteiger partial charge in [-0.15, -0.1) is 0 Å². The van der Waals surface area contributed by atoms with Gasteiger partial charge in [0.15, 0.2) is 0 Å². The molecule has 0 rings (SSSR count). The Morgan fingerprint density at radius 3 is 0.957 bits per heavy atom. The highest BCUT2D eigenvalue weighted by Gasteiger charge is 2.48. The summed E-state index contributed by atoms with van der Waals surface area (Å²) in [4.78, 5) is 0. The molecule has 23 heavy (non-hydrogen) atoms. The molecule has 0 bridgehead atoms. The smallest absolute Gasteiger partial charge is 0.0133 e. The summed E-state index contributed by atoms with van der Waals surface area (Å²) in [6.07, 6.45) is 4.25. The van der Waals surface area contributed by atoms with Gasteiger partial charge >= 0.3 is 0 Å². The standard InChI is InChI=1S/C20H45P3/c1-14-15-16-21(22(17(2,3)4)18(5,6)7)23(19(8,9)10)20(11,12)13/h14-16H2,1-13H3. The molecule has 0 N–H and O–H groups in total. The lowest BCUT2D eigenvalue weighted by molar-refractivity contribution is 0.715. The molecule has 0 spiro atoms. The average molecular weight is 379 g/mol. The van der Waals surface area contributed by atoms with Crippen molar-refractivity contribution >= 4 is 22.5 Å². The van der Waals surface area contributed by atoms with Crippen LogP contribution >= 0.6 is 22.5 Å². The Labute approximate surface area is 152 Å². The van der Waals surface area contributed by atoms with Crippen molar-refractivity contribution in [3.63, 3.8) is 0 Å². The number of hydrogen-bond donors (Lipinski definition) is 0. The molecule has 0 heterocycles. The fraction of sp³-hybridized carbons (Fsp3) is 1.00. The topological polar surface area (TPSA) is 0 Å². The Hall–Kier alpha value is 1.29. The first-order valence-electron chi connectivity index (χ1n) is 9.32. The van der Waals surface area contributed by atoms with Crippen molar-refractivity contribution in [1.82, 2.24) is 0 Å². The highest BCUT2D eigenvalue weighted by Crippen LogP contribution is 2.97. The number of unbranched alkanes of at least 4 members (excludes halogenated alkanes) is 1. The van der Waals surface area contributed by atoms with E-state index in [2.05, 4.69) is 90.0 Å². The Bertz CT molecular complexity index is 287. The van der Waals surface area contributed by atoms with E-state index in [9.17, 15) is 0 Å². The second-order valence-corrected chi connectivity index (χ2v) is 24.8. The van der Waals surface area contributed by atoms with Gasteiger partial charge in [-0.2, -0.15) is 0 Å². The monoisotopic (exact) mass is 378 g/mol. The summed E-state index contributed by atoms with van der Waals surface area (Å²) in [5.41, 5.74) is 0. The van der Waals surface area contributed by atoms with Crippen LogP contribution < -0.4 is 0 Å². The summed E-state index contributed by atoms with van der Waals surface area (Å²) < 4.78 is 0. The predicted octanol–water partition coefficient (Wildman–Crippen LogP) is 9.26. The predicted molar refractivity (Wildman–Crippen MR) is 120 cm³/mol. The molecule has 0 saturated heterocycles. The van der Waals surface area contributed by atoms with Gasteiger partial charge in [0.1, 0.15) is 0 Å². The molecule has 0 atom stereocenters. The van der Waals surface area contributed by atoms with E-state index in [0.29, 0.717) is 20.6 Å². The number of rotatable bonds is 5. The fourth-order valence-electron chi connectivity index (χ4n) is 3.99. The summed E-state index contributed by atoms with van der Waals surface area (Å²) in [5, 5.41) is 1.79. The van der Waals surface area contributed by atoms with Crippen molar-refractivity contribution < 1.29 is 0 Å². The van der Waals surface area contributed by atoms with E-state index in [0.717, 1.165) is 0 Å². The third-order valence-corrected chi connectivity index (χ3v) is 24.8. The van der Waals surface area contributed by atoms with Crippen molar-refractivity contribution in [2.45, 2.75) is 123 Å². The van der Waals surface area contributed by atoms with Gasteiger partial charge in [-0.25, -0.2) is 0 Å². The van der Waals surface area contributed by atoms with Gasteiger partial charge in [0, 0.05) is 0 Å². The van der Waals surface area contributed by atoms with Crippen LogP contribution in [0.2, 0.25) is 0 Å². The lowest BCUT2D eigenvalue weighted by atomic mass is 10.2. The first-order valence-corrected chi connectivity index (χ1v) is 14.9. The van der Waals surface area contributed by atoms with Crippen LogP contribution in [0.3, 0.4) is 0 Å². The molecule has 140 valence electrons. The van der Waals surface area contributed by atoms with Gasteiger partial charge < -0.3 is 0 Å². The van der Waals surface area contributed by atoms with Gasteiger partial charge in [-0.3, -0.25) is 0 Å². The molecule has 0 radical (unpaired) electrons. The quantitative estimate of drug-likeness (QED) is 0.418. The van der Waals surface area contributed by atoms with Crippen molar-refractivity contribution in [2.75, 3.05) is 6.16 Å². The highest BCUT2D eigenvalue weighted by atomic mass is 32.5. The molecule has 0 unspecified atom stereocenters. The molecule has 0 aliphatic rings. The van der Waals surface area contributed by atoms with Crippen molar-refractivity contribution in [3.05, 3.63) is 0 Å². The zero-order valence-electron chi connectivity index (χ0n) is 18.5. The van der Waals surface area contributed by atoms with Crippen LogP contribution in [0.25, 0.3) is 0 Å². The maximum Gasteiger partial charge on any atom is -0.0133 e. The molecular weight excluding hydrogens is 333 g/mol. The molecule has 0 fully saturated rings. The Balaban J connectivity index is 6.16. The summed E-state index contributed by atoms with van der Waals surface area (Å²) in [7, 11) is 0.0998. The second kappa shape index (κ2) is 8.32. The molecule has 0 saturated carbocycles. The molecule has 0 aliphatic carbocycles. The van der Waals surface area contributed by atoms with Gasteiger partial charge in [0.05, 0.1) is 0 Å². The van der Waals surface area contributed by atoms with Crippen LogP contribution in [-0.4, -0.2) is 26.8 Å². The van der Waals surface area contributed by atoms with Crippen LogP contribution in [0.1, 0.15) is 103 Å². The zero-order valence-corrected chi connectivity index (χ0v) is 21.1. The minimum Gasteiger partial charge on any atom is -0.0654 e. The minimum absolute atomic E-state index is 0.00791. The largest absolute Gasteiger partial charge is 0.0654 e. The first kappa shape index (κ1) is 24.3. The fourth-order valence-corrected chi connectivity index (χ4v) is 34.1. The molecular formula is C20H45P3. The minimum atomic E-state index is 0.00791. The lowest BCUT2D eigenvalue weighted by Gasteiger charge is -2.55. The van der Waals surface area contributed by atoms with Crippen LogP contribution in [0, 0.1) is 0 Å². The number of hydrogen-bond acceptors (Lipinski definition) is 0. The molecule has 0 aromatic rings. The van der Waals surface area contributed by atoms with Crippen molar-refractivity contribution in [1.29, 1.82) is 0 Å². The van der Waals surface area contributed by atoms with Gasteiger partial charge in [-0.1, -0.05) is 119 Å². The van der Waals surface area contributed by atoms with E-state index in [1.807, 2.05) is 0 Å². The SMILES string of the molecule is CCCCP(P(C(C)(C)C)C(C)(C)C)P(C(C)(C)C)C(C)(C)C. The van der Waals surface area contributed by atoms with Gasteiger partial charge in [0.25, 0.3) is 0 Å². The van der Waals surface area contributed by atoms with Crippen molar-refractivity contribution in [2.24, 2.45) is 0 Å². The molecule has 0 aliphatic heterocycles. The van der Waals surface area contributed by atoms with E-state index in [4.69, 9.17) is 0 Å². The lowest BCUT2D eigenvalue weighted by Crippen LogP contribution is -2.29. The normalized spacial score (nSPS) is 15.1. The Kier molecular flexibility index (Phi) is 8.79. The summed E-state index contributed by atoms with van der Waals surface area (Å²) in [5.74, 6) is 0. The first-order chi connectivity index (χ1) is 9.94. The average Bonchev–Trinajstić information content (AvgIpc) is 2.17. The summed E-state index contributed by atoms with van der Waals surface area (Å²) >= 11 is 0. The maximum absolute atomic E-state index is 2.52. The molecule has 0 nitrogen and oxygen atoms in total. The highest BCUT2D eigenvalue weighted by molar-refractivity contribution is 8.61. The van der Waals surface area contributed by atoms with E-state index in [1.54, 1.807) is 0 Å².